The van der Waals surface area contributed by atoms with E-state index in [4.69, 9.17) is 0 Å². The van der Waals surface area contributed by atoms with Gasteiger partial charge in [0.2, 0.25) is 0 Å². The van der Waals surface area contributed by atoms with Crippen LogP contribution in [0.2, 0.25) is 0 Å². The molecule has 3 heterocycles. The normalized spacial score (nSPS) is 56.0. The van der Waals surface area contributed by atoms with E-state index in [1.54, 1.807) is 5.70 Å². The van der Waals surface area contributed by atoms with Crippen LogP contribution in [-0.4, -0.2) is 23.6 Å². The Kier molecular flexibility index (Phi) is 0.358. The van der Waals surface area contributed by atoms with Gasteiger partial charge in [0.05, 0.1) is 13.0 Å². The van der Waals surface area contributed by atoms with E-state index in [1.165, 1.54) is 30.4 Å². The van der Waals surface area contributed by atoms with E-state index in [2.05, 4.69) is 6.08 Å². The van der Waals surface area contributed by atoms with Crippen LogP contribution in [0, 0.1) is 0 Å². The monoisotopic (exact) mass is 108 g/mol. The second-order valence-corrected chi connectivity index (χ2v) is 3.28. The summed E-state index contributed by atoms with van der Waals surface area (Å²) in [5.74, 6) is 0. The minimum absolute atomic E-state index is 1.10. The van der Waals surface area contributed by atoms with E-state index in [9.17, 15) is 0 Å². The first kappa shape index (κ1) is 3.67. The molecule has 2 fully saturated rings. The molecule has 2 atom stereocenters. The molecule has 0 aromatic heterocycles. The maximum absolute atomic E-state index is 2.45. The molecular weight excluding hydrogens is 98.1 g/mol. The summed E-state index contributed by atoms with van der Waals surface area (Å²) in [5, 5.41) is 0. The van der Waals surface area contributed by atoms with Crippen LogP contribution in [0.5, 0.6) is 0 Å². The average molecular weight is 108 g/mol. The molecule has 2 saturated heterocycles. The van der Waals surface area contributed by atoms with Crippen molar-refractivity contribution in [2.24, 2.45) is 0 Å². The molecule has 0 bridgehead atoms. The predicted octanol–water partition coefficient (Wildman–Crippen LogP) is 0.877. The molecule has 3 aliphatic rings. The molecule has 0 radical (unpaired) electrons. The van der Waals surface area contributed by atoms with Crippen molar-refractivity contribution in [2.45, 2.75) is 18.9 Å². The zero-order valence-electron chi connectivity index (χ0n) is 4.93. The van der Waals surface area contributed by atoms with E-state index in [1.807, 2.05) is 0 Å². The van der Waals surface area contributed by atoms with Gasteiger partial charge in [0, 0.05) is 6.42 Å². The lowest BCUT2D eigenvalue weighted by Crippen LogP contribution is -2.33. The molecule has 42 valence electrons. The van der Waals surface area contributed by atoms with Crippen molar-refractivity contribution in [2.75, 3.05) is 13.1 Å². The van der Waals surface area contributed by atoms with Crippen LogP contribution in [0.1, 0.15) is 12.8 Å². The molecule has 0 amide bonds. The summed E-state index contributed by atoms with van der Waals surface area (Å²) in [5.41, 5.74) is 1.76. The van der Waals surface area contributed by atoms with Crippen molar-refractivity contribution < 1.29 is 4.48 Å². The topological polar surface area (TPSA) is 0 Å². The molecule has 2 unspecified atom stereocenters. The largest absolute Gasteiger partial charge is 0.282 e. The van der Waals surface area contributed by atoms with Gasteiger partial charge in [0.1, 0.15) is 12.2 Å². The Bertz CT molecular complexity index is 183. The maximum Gasteiger partial charge on any atom is 0.153 e. The zero-order chi connectivity index (χ0) is 5.19. The van der Waals surface area contributed by atoms with Gasteiger partial charge in [-0.3, -0.25) is 4.48 Å². The van der Waals surface area contributed by atoms with Crippen LogP contribution in [0.3, 0.4) is 0 Å². The van der Waals surface area contributed by atoms with Gasteiger partial charge in [0.15, 0.2) is 6.04 Å². The molecule has 1 heteroatoms. The summed E-state index contributed by atoms with van der Waals surface area (Å²) in [6, 6.07) is 1.10. The predicted molar refractivity (Wildman–Crippen MR) is 31.1 cm³/mol. The van der Waals surface area contributed by atoms with Crippen LogP contribution in [0.4, 0.5) is 0 Å². The summed E-state index contributed by atoms with van der Waals surface area (Å²) >= 11 is 0. The first-order valence-electron chi connectivity index (χ1n) is 3.48. The molecule has 3 aliphatic heterocycles. The Morgan fingerprint density at radius 2 is 2.62 bits per heavy atom. The van der Waals surface area contributed by atoms with Crippen molar-refractivity contribution in [3.05, 3.63) is 11.8 Å². The van der Waals surface area contributed by atoms with Crippen molar-refractivity contribution in [3.63, 3.8) is 0 Å². The summed E-state index contributed by atoms with van der Waals surface area (Å²) in [7, 11) is 0. The van der Waals surface area contributed by atoms with E-state index in [0.29, 0.717) is 0 Å². The molecule has 0 aromatic rings. The van der Waals surface area contributed by atoms with Crippen LogP contribution in [0.25, 0.3) is 0 Å². The first-order chi connectivity index (χ1) is 3.92. The molecule has 0 aromatic carbocycles. The Labute approximate surface area is 49.2 Å². The Balaban J connectivity index is 2.15. The standard InChI is InChI=1S/C7H10N/c1-2-6-4-7-5-8(6,7)3-1/h2,7H,1,3-5H2/q+1. The van der Waals surface area contributed by atoms with Gasteiger partial charge in [-0.2, -0.15) is 0 Å². The van der Waals surface area contributed by atoms with Gasteiger partial charge in [-0.15, -0.1) is 0 Å². The highest BCUT2D eigenvalue weighted by molar-refractivity contribution is 5.16. The van der Waals surface area contributed by atoms with Gasteiger partial charge >= 0.3 is 0 Å². The smallest absolute Gasteiger partial charge is 0.153 e. The summed E-state index contributed by atoms with van der Waals surface area (Å²) in [4.78, 5) is 0. The van der Waals surface area contributed by atoms with Crippen molar-refractivity contribution in [1.29, 1.82) is 0 Å². The molecular formula is C7H10N+. The van der Waals surface area contributed by atoms with Gasteiger partial charge < -0.3 is 0 Å². The Hall–Kier alpha value is -0.300. The van der Waals surface area contributed by atoms with Crippen LogP contribution >= 0.6 is 0 Å². The number of nitrogens with zero attached hydrogens (tertiary/aromatic N) is 1. The average Bonchev–Trinajstić information content (AvgIpc) is 1.98. The maximum atomic E-state index is 2.45. The molecule has 0 aliphatic carbocycles. The second kappa shape index (κ2) is 0.781. The third-order valence-corrected chi connectivity index (χ3v) is 3.03. The van der Waals surface area contributed by atoms with E-state index in [-0.39, 0.29) is 0 Å². The fraction of sp³-hybridized carbons (Fsp3) is 0.714. The number of hydrogen-bond donors (Lipinski definition) is 0. The highest BCUT2D eigenvalue weighted by atomic mass is 15.6. The number of rotatable bonds is 0. The second-order valence-electron chi connectivity index (χ2n) is 3.28. The van der Waals surface area contributed by atoms with Crippen LogP contribution < -0.4 is 0 Å². The van der Waals surface area contributed by atoms with Gasteiger partial charge in [-0.1, -0.05) is 0 Å². The third-order valence-electron chi connectivity index (χ3n) is 3.03. The summed E-state index contributed by atoms with van der Waals surface area (Å²) < 4.78 is 1.44. The number of quaternary nitrogens is 1. The lowest BCUT2D eigenvalue weighted by atomic mass is 10.1. The van der Waals surface area contributed by atoms with Crippen molar-refractivity contribution in [3.8, 4) is 0 Å². The van der Waals surface area contributed by atoms with Crippen LogP contribution in [0.15, 0.2) is 11.8 Å². The highest BCUT2D eigenvalue weighted by Gasteiger charge is 2.68. The Morgan fingerprint density at radius 1 is 1.62 bits per heavy atom. The van der Waals surface area contributed by atoms with Crippen LogP contribution in [-0.2, 0) is 0 Å². The fourth-order valence-corrected chi connectivity index (χ4v) is 2.37. The SMILES string of the molecule is C1=C2CC3C[N+]23CC1. The quantitative estimate of drug-likeness (QED) is 0.319. The molecule has 0 saturated carbocycles. The lowest BCUT2D eigenvalue weighted by Gasteiger charge is -2.24. The molecule has 8 heavy (non-hydrogen) atoms. The van der Waals surface area contributed by atoms with Crippen molar-refractivity contribution >= 4 is 0 Å². The summed E-state index contributed by atoms with van der Waals surface area (Å²) in [6.07, 6.45) is 5.26. The first-order valence-corrected chi connectivity index (χ1v) is 3.48. The fourth-order valence-electron chi connectivity index (χ4n) is 2.37. The number of hydrogen-bond acceptors (Lipinski definition) is 0. The van der Waals surface area contributed by atoms with Gasteiger partial charge in [-0.05, 0) is 6.08 Å². The van der Waals surface area contributed by atoms with Crippen molar-refractivity contribution in [1.82, 2.24) is 0 Å². The lowest BCUT2D eigenvalue weighted by molar-refractivity contribution is -0.796. The molecule has 0 N–H and O–H groups in total. The Morgan fingerprint density at radius 3 is 3.12 bits per heavy atom. The van der Waals surface area contributed by atoms with E-state index in [0.717, 1.165) is 6.04 Å². The molecule has 3 rings (SSSR count). The van der Waals surface area contributed by atoms with E-state index < -0.39 is 0 Å². The zero-order valence-corrected chi connectivity index (χ0v) is 4.93. The van der Waals surface area contributed by atoms with Gasteiger partial charge in [0.25, 0.3) is 0 Å². The van der Waals surface area contributed by atoms with Gasteiger partial charge in [-0.25, -0.2) is 0 Å². The minimum Gasteiger partial charge on any atom is -0.282 e. The van der Waals surface area contributed by atoms with E-state index >= 15 is 0 Å². The molecule has 1 nitrogen and oxygen atoms in total. The highest BCUT2D eigenvalue weighted by Crippen LogP contribution is 2.55. The molecule has 1 spiro atoms. The summed E-state index contributed by atoms with van der Waals surface area (Å²) in [6.45, 7) is 2.94. The third kappa shape index (κ3) is 0.191. The minimum atomic E-state index is 1.10.